The van der Waals surface area contributed by atoms with Gasteiger partial charge in [-0.05, 0) is 43.3 Å². The summed E-state index contributed by atoms with van der Waals surface area (Å²) >= 11 is 6.66. The predicted molar refractivity (Wildman–Crippen MR) is 109 cm³/mol. The Morgan fingerprint density at radius 2 is 2.08 bits per heavy atom. The van der Waals surface area contributed by atoms with Gasteiger partial charge in [0.05, 0.1) is 5.25 Å². The van der Waals surface area contributed by atoms with Crippen LogP contribution in [0.3, 0.4) is 0 Å². The van der Waals surface area contributed by atoms with E-state index in [4.69, 9.17) is 0 Å². The number of halogens is 1. The highest BCUT2D eigenvalue weighted by Crippen LogP contribution is 2.40. The number of thioether (sulfide) groups is 1. The monoisotopic (exact) mass is 447 g/mol. The highest BCUT2D eigenvalue weighted by atomic mass is 79.9. The van der Waals surface area contributed by atoms with E-state index >= 15 is 0 Å². The van der Waals surface area contributed by atoms with Gasteiger partial charge >= 0.3 is 0 Å². The smallest absolute Gasteiger partial charge is 0.192 e. The lowest BCUT2D eigenvalue weighted by Crippen LogP contribution is -2.15. The van der Waals surface area contributed by atoms with Gasteiger partial charge in [-0.15, -0.1) is 21.5 Å². The first kappa shape index (κ1) is 17.9. The van der Waals surface area contributed by atoms with Crippen LogP contribution in [0.2, 0.25) is 0 Å². The molecular formula is C19H18BrN3OS2. The van der Waals surface area contributed by atoms with Crippen molar-refractivity contribution in [2.45, 2.75) is 42.6 Å². The van der Waals surface area contributed by atoms with Crippen molar-refractivity contribution in [2.24, 2.45) is 0 Å². The number of thiophene rings is 1. The second-order valence-corrected chi connectivity index (χ2v) is 9.64. The quantitative estimate of drug-likeness (QED) is 0.359. The Balaban J connectivity index is 1.53. The van der Waals surface area contributed by atoms with Gasteiger partial charge in [-0.25, -0.2) is 0 Å². The molecule has 1 aliphatic carbocycles. The van der Waals surface area contributed by atoms with Gasteiger partial charge in [0.1, 0.15) is 5.82 Å². The summed E-state index contributed by atoms with van der Waals surface area (Å²) in [7, 11) is 0. The lowest BCUT2D eigenvalue weighted by molar-refractivity contribution is 0.0994. The number of Topliss-reactive ketones (excluding diaryl/α,β-unsaturated/α-hetero) is 1. The van der Waals surface area contributed by atoms with E-state index in [2.05, 4.69) is 48.2 Å². The number of ketones is 1. The van der Waals surface area contributed by atoms with Crippen molar-refractivity contribution in [2.75, 3.05) is 0 Å². The third-order valence-corrected chi connectivity index (χ3v) is 6.80. The molecule has 1 fully saturated rings. The Hall–Kier alpha value is -1.44. The number of aromatic nitrogens is 3. The van der Waals surface area contributed by atoms with Gasteiger partial charge in [0.25, 0.3) is 0 Å². The first-order chi connectivity index (χ1) is 12.6. The highest BCUT2D eigenvalue weighted by Gasteiger charge is 2.31. The van der Waals surface area contributed by atoms with Gasteiger partial charge in [0, 0.05) is 27.4 Å². The second-order valence-electron chi connectivity index (χ2n) is 6.39. The zero-order valence-corrected chi connectivity index (χ0v) is 17.5. The Bertz CT molecular complexity index is 902. The molecule has 1 unspecified atom stereocenters. The fourth-order valence-corrected chi connectivity index (χ4v) is 4.82. The minimum atomic E-state index is -0.201. The van der Waals surface area contributed by atoms with Gasteiger partial charge in [-0.1, -0.05) is 45.9 Å². The molecule has 1 saturated carbocycles. The molecule has 0 spiro atoms. The van der Waals surface area contributed by atoms with Crippen LogP contribution in [0.1, 0.15) is 46.9 Å². The van der Waals surface area contributed by atoms with E-state index in [1.165, 1.54) is 16.6 Å². The van der Waals surface area contributed by atoms with E-state index < -0.39 is 0 Å². The van der Waals surface area contributed by atoms with Crippen LogP contribution < -0.4 is 0 Å². The molecule has 3 aromatic rings. The van der Waals surface area contributed by atoms with Crippen molar-refractivity contribution < 1.29 is 4.79 Å². The maximum atomic E-state index is 12.7. The first-order valence-corrected chi connectivity index (χ1v) is 11.1. The van der Waals surface area contributed by atoms with Gasteiger partial charge in [-0.3, -0.25) is 4.79 Å². The van der Waals surface area contributed by atoms with E-state index in [1.54, 1.807) is 11.3 Å². The van der Waals surface area contributed by atoms with Gasteiger partial charge in [0.2, 0.25) is 0 Å². The third-order valence-electron chi connectivity index (χ3n) is 4.34. The average Bonchev–Trinajstić information content (AvgIpc) is 3.20. The summed E-state index contributed by atoms with van der Waals surface area (Å²) in [6.45, 7) is 1.94. The molecule has 0 radical (unpaired) electrons. The van der Waals surface area contributed by atoms with Crippen molar-refractivity contribution >= 4 is 44.8 Å². The molecule has 134 valence electrons. The number of hydrogen-bond acceptors (Lipinski definition) is 5. The molecule has 7 heteroatoms. The Morgan fingerprint density at radius 3 is 2.73 bits per heavy atom. The van der Waals surface area contributed by atoms with E-state index in [0.29, 0.717) is 6.04 Å². The van der Waals surface area contributed by atoms with Crippen molar-refractivity contribution in [3.8, 4) is 0 Å². The van der Waals surface area contributed by atoms with Gasteiger partial charge in [0.15, 0.2) is 10.9 Å². The molecule has 0 aliphatic heterocycles. The van der Waals surface area contributed by atoms with Crippen molar-refractivity contribution in [3.05, 3.63) is 62.5 Å². The van der Waals surface area contributed by atoms with E-state index in [9.17, 15) is 4.79 Å². The van der Waals surface area contributed by atoms with Gasteiger partial charge < -0.3 is 4.57 Å². The molecule has 1 aromatic carbocycles. The SMILES string of the molecule is CC(Sc1nnc(Cc2cccs2)n1C1CC1)C(=O)c1ccc(Br)cc1. The Labute approximate surface area is 169 Å². The lowest BCUT2D eigenvalue weighted by Gasteiger charge is -2.12. The molecule has 0 N–H and O–H groups in total. The summed E-state index contributed by atoms with van der Waals surface area (Å²) in [5.41, 5.74) is 0.726. The fraction of sp³-hybridized carbons (Fsp3) is 0.316. The predicted octanol–water partition coefficient (Wildman–Crippen LogP) is 5.39. The van der Waals surface area contributed by atoms with E-state index in [-0.39, 0.29) is 11.0 Å². The molecule has 0 amide bonds. The molecule has 2 aromatic heterocycles. The number of benzene rings is 1. The largest absolute Gasteiger partial charge is 0.303 e. The maximum Gasteiger partial charge on any atom is 0.192 e. The average molecular weight is 448 g/mol. The molecule has 26 heavy (non-hydrogen) atoms. The Morgan fingerprint density at radius 1 is 1.31 bits per heavy atom. The number of carbonyl (C=O) groups is 1. The standard InChI is InChI=1S/C19H18BrN3OS2/c1-12(18(24)13-4-6-14(20)7-5-13)26-19-22-21-17(23(19)15-8-9-15)11-16-3-2-10-25-16/h2-7,10,12,15H,8-9,11H2,1H3. The third kappa shape index (κ3) is 3.94. The van der Waals surface area contributed by atoms with Crippen LogP contribution in [-0.2, 0) is 6.42 Å². The summed E-state index contributed by atoms with van der Waals surface area (Å²) in [6.07, 6.45) is 3.13. The topological polar surface area (TPSA) is 47.8 Å². The van der Waals surface area contributed by atoms with Crippen LogP contribution in [-0.4, -0.2) is 25.8 Å². The summed E-state index contributed by atoms with van der Waals surface area (Å²) in [5, 5.41) is 11.6. The molecule has 0 saturated heterocycles. The van der Waals surface area contributed by atoms with Crippen molar-refractivity contribution in [1.82, 2.24) is 14.8 Å². The molecule has 1 atom stereocenters. The van der Waals surface area contributed by atoms with Crippen LogP contribution >= 0.6 is 39.0 Å². The van der Waals surface area contributed by atoms with Crippen LogP contribution in [0, 0.1) is 0 Å². The molecule has 4 nitrogen and oxygen atoms in total. The number of rotatable bonds is 7. The molecular weight excluding hydrogens is 430 g/mol. The second kappa shape index (κ2) is 7.66. The summed E-state index contributed by atoms with van der Waals surface area (Å²) < 4.78 is 3.22. The molecule has 4 rings (SSSR count). The summed E-state index contributed by atoms with van der Waals surface area (Å²) in [5.74, 6) is 1.12. The fourth-order valence-electron chi connectivity index (χ4n) is 2.84. The molecule has 0 bridgehead atoms. The lowest BCUT2D eigenvalue weighted by atomic mass is 10.1. The number of nitrogens with zero attached hydrogens (tertiary/aromatic N) is 3. The number of hydrogen-bond donors (Lipinski definition) is 0. The Kier molecular flexibility index (Phi) is 5.29. The van der Waals surface area contributed by atoms with Crippen LogP contribution in [0.15, 0.2) is 51.4 Å². The first-order valence-electron chi connectivity index (χ1n) is 8.54. The zero-order chi connectivity index (χ0) is 18.1. The maximum absolute atomic E-state index is 12.7. The summed E-state index contributed by atoms with van der Waals surface area (Å²) in [6, 6.07) is 12.2. The van der Waals surface area contributed by atoms with Gasteiger partial charge in [-0.2, -0.15) is 0 Å². The van der Waals surface area contributed by atoms with Crippen molar-refractivity contribution in [3.63, 3.8) is 0 Å². The minimum Gasteiger partial charge on any atom is -0.303 e. The summed E-state index contributed by atoms with van der Waals surface area (Å²) in [4.78, 5) is 14.0. The normalized spacial score (nSPS) is 15.2. The zero-order valence-electron chi connectivity index (χ0n) is 14.3. The molecule has 2 heterocycles. The van der Waals surface area contributed by atoms with E-state index in [0.717, 1.165) is 40.3 Å². The highest BCUT2D eigenvalue weighted by molar-refractivity contribution is 9.10. The van der Waals surface area contributed by atoms with Crippen molar-refractivity contribution in [1.29, 1.82) is 0 Å². The van der Waals surface area contributed by atoms with Crippen LogP contribution in [0.4, 0.5) is 0 Å². The van der Waals surface area contributed by atoms with Crippen LogP contribution in [0.5, 0.6) is 0 Å². The number of carbonyl (C=O) groups excluding carboxylic acids is 1. The molecule has 1 aliphatic rings. The minimum absolute atomic E-state index is 0.118. The van der Waals surface area contributed by atoms with Crippen LogP contribution in [0.25, 0.3) is 0 Å². The van der Waals surface area contributed by atoms with E-state index in [1.807, 2.05) is 31.2 Å².